The molecule has 1 saturated heterocycles. The van der Waals surface area contributed by atoms with Crippen molar-refractivity contribution in [1.29, 1.82) is 0 Å². The summed E-state index contributed by atoms with van der Waals surface area (Å²) in [5.41, 5.74) is 5.16. The van der Waals surface area contributed by atoms with Crippen LogP contribution in [-0.4, -0.2) is 65.4 Å². The molecular formula is C23H28N6O3. The Bertz CT molecular complexity index is 987. The van der Waals surface area contributed by atoms with E-state index >= 15 is 0 Å². The van der Waals surface area contributed by atoms with Gasteiger partial charge in [-0.05, 0) is 18.6 Å². The second kappa shape index (κ2) is 10.7. The first-order valence-corrected chi connectivity index (χ1v) is 10.7. The van der Waals surface area contributed by atoms with Crippen LogP contribution in [0.1, 0.15) is 17.5 Å². The number of hydrazone groups is 1. The van der Waals surface area contributed by atoms with Crippen LogP contribution in [0.4, 0.5) is 11.6 Å². The molecule has 2 N–H and O–H groups in total. The fraction of sp³-hybridized carbons (Fsp3) is 0.348. The number of hydrogen-bond acceptors (Lipinski definition) is 9. The minimum Gasteiger partial charge on any atom is -0.463 e. The van der Waals surface area contributed by atoms with E-state index in [-0.39, 0.29) is 12.1 Å². The summed E-state index contributed by atoms with van der Waals surface area (Å²) in [5, 5.41) is 15.4. The van der Waals surface area contributed by atoms with Gasteiger partial charge in [0, 0.05) is 31.8 Å². The van der Waals surface area contributed by atoms with Gasteiger partial charge in [-0.3, -0.25) is 15.7 Å². The number of aryl methyl sites for hydroxylation is 1. The second-order valence-corrected chi connectivity index (χ2v) is 7.59. The topological polar surface area (TPSA) is 95.3 Å². The van der Waals surface area contributed by atoms with Crippen LogP contribution in [0.3, 0.4) is 0 Å². The second-order valence-electron chi connectivity index (χ2n) is 7.59. The molecule has 0 saturated carbocycles. The fourth-order valence-corrected chi connectivity index (χ4v) is 3.44. The van der Waals surface area contributed by atoms with E-state index in [1.165, 1.54) is 10.6 Å². The molecule has 1 aromatic heterocycles. The van der Waals surface area contributed by atoms with Crippen LogP contribution < -0.4 is 15.1 Å². The molecule has 1 unspecified atom stereocenters. The lowest BCUT2D eigenvalue weighted by Crippen LogP contribution is -2.36. The first-order chi connectivity index (χ1) is 15.7. The smallest absolute Gasteiger partial charge is 0.320 e. The molecule has 0 bridgehead atoms. The van der Waals surface area contributed by atoms with Gasteiger partial charge in [0.2, 0.25) is 0 Å². The molecule has 3 heterocycles. The van der Waals surface area contributed by atoms with E-state index in [1.54, 1.807) is 18.5 Å². The molecule has 2 aliphatic rings. The highest BCUT2D eigenvalue weighted by atomic mass is 16.5. The van der Waals surface area contributed by atoms with E-state index in [4.69, 9.17) is 9.47 Å². The highest BCUT2D eigenvalue weighted by molar-refractivity contribution is 5.80. The van der Waals surface area contributed by atoms with Crippen molar-refractivity contribution in [2.45, 2.75) is 19.4 Å². The number of nitrogens with zero attached hydrogens (tertiary/aromatic N) is 5. The number of hydrogen-bond donors (Lipinski definition) is 2. The maximum Gasteiger partial charge on any atom is 0.320 e. The van der Waals surface area contributed by atoms with Crippen LogP contribution in [0.5, 0.6) is 6.01 Å². The average Bonchev–Trinajstić information content (AvgIpc) is 2.81. The molecule has 0 spiro atoms. The van der Waals surface area contributed by atoms with E-state index in [9.17, 15) is 5.21 Å². The Kier molecular flexibility index (Phi) is 7.31. The fourth-order valence-electron chi connectivity index (χ4n) is 3.44. The van der Waals surface area contributed by atoms with Crippen molar-refractivity contribution in [3.63, 3.8) is 0 Å². The summed E-state index contributed by atoms with van der Waals surface area (Å²) in [5.74, 6) is 1.31. The van der Waals surface area contributed by atoms with Gasteiger partial charge in [0.05, 0.1) is 32.1 Å². The Morgan fingerprint density at radius 1 is 1.25 bits per heavy atom. The molecule has 1 fully saturated rings. The van der Waals surface area contributed by atoms with Crippen molar-refractivity contribution in [1.82, 2.24) is 15.0 Å². The van der Waals surface area contributed by atoms with Gasteiger partial charge < -0.3 is 14.4 Å². The zero-order valence-corrected chi connectivity index (χ0v) is 18.1. The van der Waals surface area contributed by atoms with Crippen molar-refractivity contribution in [2.24, 2.45) is 5.10 Å². The standard InChI is InChI=1S/C23H28N6O3/c1-18-5-4-6-19(15-18)17-24-27-21-16-22(28-10-13-31-14-11-28)26-23(25-21)32-12-8-20-7-2-3-9-29(20)30/h2-7,9,15-17,20,30H,8,10-14H2,1H3,(H,25,26,27). The summed E-state index contributed by atoms with van der Waals surface area (Å²) in [6.45, 7) is 5.22. The maximum atomic E-state index is 9.90. The lowest BCUT2D eigenvalue weighted by molar-refractivity contribution is -0.0700. The van der Waals surface area contributed by atoms with E-state index in [2.05, 4.69) is 31.5 Å². The third kappa shape index (κ3) is 6.05. The molecule has 32 heavy (non-hydrogen) atoms. The molecule has 9 nitrogen and oxygen atoms in total. The Morgan fingerprint density at radius 2 is 2.12 bits per heavy atom. The molecule has 1 atom stereocenters. The van der Waals surface area contributed by atoms with E-state index in [1.807, 2.05) is 43.3 Å². The predicted molar refractivity (Wildman–Crippen MR) is 123 cm³/mol. The van der Waals surface area contributed by atoms with Crippen molar-refractivity contribution in [3.8, 4) is 6.01 Å². The average molecular weight is 437 g/mol. The first kappa shape index (κ1) is 21.8. The van der Waals surface area contributed by atoms with Gasteiger partial charge in [-0.1, -0.05) is 42.0 Å². The molecule has 0 radical (unpaired) electrons. The van der Waals surface area contributed by atoms with Crippen molar-refractivity contribution in [3.05, 3.63) is 65.9 Å². The Hall–Kier alpha value is -3.43. The molecule has 0 amide bonds. The third-order valence-corrected chi connectivity index (χ3v) is 5.13. The molecule has 2 aromatic rings. The highest BCUT2D eigenvalue weighted by Crippen LogP contribution is 2.21. The van der Waals surface area contributed by atoms with E-state index in [0.717, 1.165) is 24.5 Å². The first-order valence-electron chi connectivity index (χ1n) is 10.7. The monoisotopic (exact) mass is 436 g/mol. The summed E-state index contributed by atoms with van der Waals surface area (Å²) < 4.78 is 11.3. The molecule has 2 aliphatic heterocycles. The molecule has 9 heteroatoms. The van der Waals surface area contributed by atoms with Crippen LogP contribution in [0.2, 0.25) is 0 Å². The van der Waals surface area contributed by atoms with Crippen molar-refractivity contribution < 1.29 is 14.7 Å². The van der Waals surface area contributed by atoms with Crippen LogP contribution in [0, 0.1) is 6.92 Å². The molecular weight excluding hydrogens is 408 g/mol. The summed E-state index contributed by atoms with van der Waals surface area (Å²) >= 11 is 0. The summed E-state index contributed by atoms with van der Waals surface area (Å²) in [6, 6.07) is 10.1. The molecule has 4 rings (SSSR count). The van der Waals surface area contributed by atoms with Gasteiger partial charge in [-0.25, -0.2) is 0 Å². The molecule has 1 aromatic carbocycles. The van der Waals surface area contributed by atoms with Gasteiger partial charge in [-0.15, -0.1) is 0 Å². The van der Waals surface area contributed by atoms with Gasteiger partial charge in [0.25, 0.3) is 0 Å². The Morgan fingerprint density at radius 3 is 2.94 bits per heavy atom. The van der Waals surface area contributed by atoms with Crippen LogP contribution in [-0.2, 0) is 4.74 Å². The van der Waals surface area contributed by atoms with E-state index in [0.29, 0.717) is 32.1 Å². The van der Waals surface area contributed by atoms with Gasteiger partial charge in [0.15, 0.2) is 5.82 Å². The minimum atomic E-state index is -0.140. The number of allylic oxidation sites excluding steroid dienone is 2. The minimum absolute atomic E-state index is 0.140. The Labute approximate surface area is 187 Å². The lowest BCUT2D eigenvalue weighted by Gasteiger charge is -2.28. The lowest BCUT2D eigenvalue weighted by atomic mass is 10.1. The van der Waals surface area contributed by atoms with E-state index < -0.39 is 0 Å². The summed E-state index contributed by atoms with van der Waals surface area (Å²) in [6.07, 6.45) is 9.57. The largest absolute Gasteiger partial charge is 0.463 e. The van der Waals surface area contributed by atoms with Crippen molar-refractivity contribution >= 4 is 17.9 Å². The number of morpholine rings is 1. The third-order valence-electron chi connectivity index (χ3n) is 5.13. The number of rotatable bonds is 8. The van der Waals surface area contributed by atoms with Crippen LogP contribution in [0.25, 0.3) is 0 Å². The van der Waals surface area contributed by atoms with Crippen LogP contribution >= 0.6 is 0 Å². The zero-order valence-electron chi connectivity index (χ0n) is 18.1. The van der Waals surface area contributed by atoms with Gasteiger partial charge in [0.1, 0.15) is 5.82 Å². The summed E-state index contributed by atoms with van der Waals surface area (Å²) in [4.78, 5) is 11.2. The zero-order chi connectivity index (χ0) is 22.2. The van der Waals surface area contributed by atoms with Crippen LogP contribution in [0.15, 0.2) is 59.9 Å². The number of hydroxylamine groups is 2. The van der Waals surface area contributed by atoms with Crippen molar-refractivity contribution in [2.75, 3.05) is 43.2 Å². The maximum absolute atomic E-state index is 9.90. The molecule has 0 aliphatic carbocycles. The predicted octanol–water partition coefficient (Wildman–Crippen LogP) is 2.98. The summed E-state index contributed by atoms with van der Waals surface area (Å²) in [7, 11) is 0. The SMILES string of the molecule is Cc1cccc(C=NNc2cc(N3CCOCC3)nc(OCCC3C=CC=CN3O)n2)c1. The number of ether oxygens (including phenoxy) is 2. The highest BCUT2D eigenvalue weighted by Gasteiger charge is 2.17. The normalized spacial score (nSPS) is 18.4. The number of nitrogens with one attached hydrogen (secondary N) is 1. The quantitative estimate of drug-likeness (QED) is 0.482. The van der Waals surface area contributed by atoms with Gasteiger partial charge >= 0.3 is 6.01 Å². The molecule has 168 valence electrons. The number of benzene rings is 1. The van der Waals surface area contributed by atoms with Gasteiger partial charge in [-0.2, -0.15) is 15.1 Å². The Balaban J connectivity index is 1.44. The number of anilines is 2. The number of aromatic nitrogens is 2.